The van der Waals surface area contributed by atoms with Crippen molar-refractivity contribution in [2.45, 2.75) is 23.2 Å². The number of rotatable bonds is 5. The average Bonchev–Trinajstić information content (AvgIpc) is 3.33. The van der Waals surface area contributed by atoms with Crippen molar-refractivity contribution in [3.05, 3.63) is 70.5 Å². The third kappa shape index (κ3) is 4.09. The van der Waals surface area contributed by atoms with Crippen molar-refractivity contribution in [1.29, 1.82) is 0 Å². The van der Waals surface area contributed by atoms with Crippen LogP contribution in [0.1, 0.15) is 12.0 Å². The molecule has 5 rings (SSSR count). The lowest BCUT2D eigenvalue weighted by Crippen LogP contribution is -2.41. The normalized spacial score (nSPS) is 17.0. The quantitative estimate of drug-likeness (QED) is 0.393. The number of thiophene rings is 1. The van der Waals surface area contributed by atoms with Crippen molar-refractivity contribution in [2.75, 3.05) is 6.54 Å². The lowest BCUT2D eigenvalue weighted by atomic mass is 10.1. The minimum Gasteiger partial charge on any atom is -0.337 e. The van der Waals surface area contributed by atoms with Gasteiger partial charge in [0.25, 0.3) is 10.0 Å². The Morgan fingerprint density at radius 3 is 2.75 bits per heavy atom. The second-order valence-electron chi connectivity index (χ2n) is 7.63. The maximum atomic E-state index is 12.9. The summed E-state index contributed by atoms with van der Waals surface area (Å²) in [5.74, 6) is -0.241. The first kappa shape index (κ1) is 21.6. The molecule has 0 aliphatic carbocycles. The third-order valence-electron chi connectivity index (χ3n) is 5.47. The number of carbonyl (C=O) groups excluding carboxylic acids is 1. The first-order valence-electron chi connectivity index (χ1n) is 9.83. The summed E-state index contributed by atoms with van der Waals surface area (Å²) in [5, 5.41) is 3.54. The number of halogens is 2. The summed E-state index contributed by atoms with van der Waals surface area (Å²) in [5.41, 5.74) is 0.908. The maximum Gasteiger partial charge on any atom is 0.250 e. The highest BCUT2D eigenvalue weighted by Gasteiger charge is 2.35. The average molecular weight is 506 g/mol. The molecule has 3 heterocycles. The molecular formula is C22H17Cl2N3O3S2. The predicted molar refractivity (Wildman–Crippen MR) is 128 cm³/mol. The summed E-state index contributed by atoms with van der Waals surface area (Å²) in [6.45, 7) is 0.840. The fourth-order valence-corrected chi connectivity index (χ4v) is 7.00. The van der Waals surface area contributed by atoms with Gasteiger partial charge in [0, 0.05) is 34.4 Å². The van der Waals surface area contributed by atoms with Gasteiger partial charge in [0.15, 0.2) is 0 Å². The van der Waals surface area contributed by atoms with E-state index in [1.165, 1.54) is 0 Å². The summed E-state index contributed by atoms with van der Waals surface area (Å²) in [4.78, 5) is 18.7. The van der Waals surface area contributed by atoms with Crippen LogP contribution in [0, 0.1) is 0 Å². The number of fused-ring (bicyclic) bond motifs is 2. The van der Waals surface area contributed by atoms with E-state index in [1.807, 2.05) is 24.3 Å². The standard InChI is InChI=1S/C22H17Cl2N3O3S2/c23-16-4-3-15-10-20(31-19(15)11-16)32(29,30)26-18-6-8-27(22(18)28)12-13-1-2-14-5-7-25-21(24)17(14)9-13/h1-5,7,9-11,18,26H,6,8,12H2/t18-/m0/s1. The molecule has 4 aromatic rings. The molecule has 0 saturated carbocycles. The van der Waals surface area contributed by atoms with E-state index in [9.17, 15) is 13.2 Å². The lowest BCUT2D eigenvalue weighted by molar-refractivity contribution is -0.129. The lowest BCUT2D eigenvalue weighted by Gasteiger charge is -2.17. The van der Waals surface area contributed by atoms with Crippen LogP contribution in [0.5, 0.6) is 0 Å². The van der Waals surface area contributed by atoms with E-state index < -0.39 is 16.1 Å². The second-order valence-corrected chi connectivity index (χ2v) is 11.4. The van der Waals surface area contributed by atoms with Crippen molar-refractivity contribution in [3.63, 3.8) is 0 Å². The maximum absolute atomic E-state index is 12.9. The fraction of sp³-hybridized carbons (Fsp3) is 0.182. The Hall–Kier alpha value is -2.23. The molecule has 1 saturated heterocycles. The van der Waals surface area contributed by atoms with E-state index >= 15 is 0 Å². The third-order valence-corrected chi connectivity index (χ3v) is 9.05. The van der Waals surface area contributed by atoms with Crippen LogP contribution in [0.25, 0.3) is 20.9 Å². The van der Waals surface area contributed by atoms with Crippen LogP contribution < -0.4 is 4.72 Å². The SMILES string of the molecule is O=C1[C@@H](NS(=O)(=O)c2cc3ccc(Cl)cc3s2)CCN1Cc1ccc2ccnc(Cl)c2c1. The van der Waals surface area contributed by atoms with Gasteiger partial charge in [0.1, 0.15) is 15.4 Å². The summed E-state index contributed by atoms with van der Waals surface area (Å²) < 4.78 is 29.3. The van der Waals surface area contributed by atoms with Crippen LogP contribution in [0.3, 0.4) is 0 Å². The van der Waals surface area contributed by atoms with Gasteiger partial charge in [-0.15, -0.1) is 11.3 Å². The number of carbonyl (C=O) groups is 1. The number of nitrogens with one attached hydrogen (secondary N) is 1. The molecule has 1 amide bonds. The highest BCUT2D eigenvalue weighted by molar-refractivity contribution is 7.91. The van der Waals surface area contributed by atoms with Crippen molar-refractivity contribution in [3.8, 4) is 0 Å². The molecule has 2 aromatic heterocycles. The molecule has 2 aromatic carbocycles. The van der Waals surface area contributed by atoms with Crippen LogP contribution in [-0.2, 0) is 21.4 Å². The molecule has 0 spiro atoms. The largest absolute Gasteiger partial charge is 0.337 e. The Balaban J connectivity index is 1.32. The number of benzene rings is 2. The van der Waals surface area contributed by atoms with Crippen molar-refractivity contribution in [2.24, 2.45) is 0 Å². The predicted octanol–water partition coefficient (Wildman–Crippen LogP) is 4.84. The van der Waals surface area contributed by atoms with Crippen molar-refractivity contribution >= 4 is 71.3 Å². The first-order chi connectivity index (χ1) is 15.3. The Kier molecular flexibility index (Phi) is 5.59. The zero-order chi connectivity index (χ0) is 22.5. The minimum absolute atomic E-state index is 0.165. The van der Waals surface area contributed by atoms with E-state index in [-0.39, 0.29) is 10.1 Å². The van der Waals surface area contributed by atoms with Crippen LogP contribution in [-0.4, -0.2) is 36.8 Å². The number of sulfonamides is 1. The number of pyridine rings is 1. The number of hydrogen-bond donors (Lipinski definition) is 1. The van der Waals surface area contributed by atoms with Gasteiger partial charge >= 0.3 is 0 Å². The molecule has 0 bridgehead atoms. The highest BCUT2D eigenvalue weighted by atomic mass is 35.5. The van der Waals surface area contributed by atoms with Crippen molar-refractivity contribution < 1.29 is 13.2 Å². The van der Waals surface area contributed by atoms with Crippen molar-refractivity contribution in [1.82, 2.24) is 14.6 Å². The molecule has 1 fully saturated rings. The second kappa shape index (κ2) is 8.28. The summed E-state index contributed by atoms with van der Waals surface area (Å²) in [7, 11) is -3.83. The zero-order valence-electron chi connectivity index (χ0n) is 16.6. The van der Waals surface area contributed by atoms with Crippen LogP contribution >= 0.6 is 34.5 Å². The van der Waals surface area contributed by atoms with Gasteiger partial charge in [-0.05, 0) is 53.1 Å². The highest BCUT2D eigenvalue weighted by Crippen LogP contribution is 2.31. The molecule has 0 unspecified atom stereocenters. The van der Waals surface area contributed by atoms with Gasteiger partial charge in [0.05, 0.1) is 0 Å². The smallest absolute Gasteiger partial charge is 0.250 e. The van der Waals surface area contributed by atoms with Gasteiger partial charge in [0.2, 0.25) is 5.91 Å². The topological polar surface area (TPSA) is 79.4 Å². The monoisotopic (exact) mass is 505 g/mol. The number of amides is 1. The van der Waals surface area contributed by atoms with Crippen LogP contribution in [0.15, 0.2) is 58.9 Å². The first-order valence-corrected chi connectivity index (χ1v) is 12.9. The molecule has 164 valence electrons. The fourth-order valence-electron chi connectivity index (χ4n) is 3.86. The Labute approximate surface area is 198 Å². The van der Waals surface area contributed by atoms with E-state index in [4.69, 9.17) is 23.2 Å². The van der Waals surface area contributed by atoms with Gasteiger partial charge < -0.3 is 4.90 Å². The van der Waals surface area contributed by atoms with E-state index in [2.05, 4.69) is 9.71 Å². The van der Waals surface area contributed by atoms with Gasteiger partial charge in [-0.3, -0.25) is 4.79 Å². The van der Waals surface area contributed by atoms with E-state index in [1.54, 1.807) is 35.4 Å². The van der Waals surface area contributed by atoms with Gasteiger partial charge in [-0.1, -0.05) is 41.4 Å². The number of aromatic nitrogens is 1. The molecule has 32 heavy (non-hydrogen) atoms. The Morgan fingerprint density at radius 2 is 1.91 bits per heavy atom. The van der Waals surface area contributed by atoms with Crippen LogP contribution in [0.2, 0.25) is 10.2 Å². The number of hydrogen-bond acceptors (Lipinski definition) is 5. The zero-order valence-corrected chi connectivity index (χ0v) is 19.7. The van der Waals surface area contributed by atoms with E-state index in [0.29, 0.717) is 29.7 Å². The summed E-state index contributed by atoms with van der Waals surface area (Å²) in [6, 6.07) is 13.7. The van der Waals surface area contributed by atoms with E-state index in [0.717, 1.165) is 37.8 Å². The molecule has 1 atom stereocenters. The molecule has 1 N–H and O–H groups in total. The molecule has 1 aliphatic rings. The Morgan fingerprint density at radius 1 is 1.09 bits per heavy atom. The molecule has 10 heteroatoms. The van der Waals surface area contributed by atoms with Crippen LogP contribution in [0.4, 0.5) is 0 Å². The summed E-state index contributed by atoms with van der Waals surface area (Å²) >= 11 is 13.3. The minimum atomic E-state index is -3.83. The molecule has 6 nitrogen and oxygen atoms in total. The Bertz CT molecular complexity index is 1470. The number of nitrogens with zero attached hydrogens (tertiary/aromatic N) is 2. The summed E-state index contributed by atoms with van der Waals surface area (Å²) in [6.07, 6.45) is 2.06. The molecule has 0 radical (unpaired) electrons. The molecular weight excluding hydrogens is 489 g/mol. The van der Waals surface area contributed by atoms with Gasteiger partial charge in [-0.25, -0.2) is 13.4 Å². The number of likely N-dealkylation sites (tertiary alicyclic amines) is 1. The molecule has 1 aliphatic heterocycles. The van der Waals surface area contributed by atoms with Gasteiger partial charge in [-0.2, -0.15) is 4.72 Å².